The number of aryl methyl sites for hydroxylation is 2. The van der Waals surface area contributed by atoms with E-state index in [-0.39, 0.29) is 12.1 Å². The summed E-state index contributed by atoms with van der Waals surface area (Å²) >= 11 is 3.45. The lowest BCUT2D eigenvalue weighted by Crippen LogP contribution is -2.44. The van der Waals surface area contributed by atoms with Gasteiger partial charge >= 0.3 is 6.09 Å². The number of rotatable bonds is 4. The Bertz CT molecular complexity index is 508. The summed E-state index contributed by atoms with van der Waals surface area (Å²) in [5, 5.41) is 7.04. The zero-order chi connectivity index (χ0) is 16.4. The van der Waals surface area contributed by atoms with Gasteiger partial charge in [0.1, 0.15) is 16.2 Å². The van der Waals surface area contributed by atoms with Crippen LogP contribution in [0.3, 0.4) is 0 Å². The first-order valence-corrected chi connectivity index (χ1v) is 7.66. The average molecular weight is 362 g/mol. The molecule has 1 rings (SSSR count). The molecule has 0 radical (unpaired) electrons. The molecule has 0 fully saturated rings. The van der Waals surface area contributed by atoms with Gasteiger partial charge in [0.15, 0.2) is 0 Å². The first-order chi connectivity index (χ1) is 9.51. The SMILES string of the molecule is Cc1nn(C)c(OC(C)C(C)NC(=O)OC(C)(C)C)c1Br. The van der Waals surface area contributed by atoms with Crippen LogP contribution in [0, 0.1) is 6.92 Å². The second-order valence-corrected chi connectivity index (χ2v) is 6.88. The van der Waals surface area contributed by atoms with Crippen molar-refractivity contribution in [3.63, 3.8) is 0 Å². The van der Waals surface area contributed by atoms with E-state index in [1.165, 1.54) is 0 Å². The highest BCUT2D eigenvalue weighted by molar-refractivity contribution is 9.10. The van der Waals surface area contributed by atoms with Gasteiger partial charge in [-0.2, -0.15) is 5.10 Å². The topological polar surface area (TPSA) is 65.4 Å². The van der Waals surface area contributed by atoms with Gasteiger partial charge in [-0.1, -0.05) is 0 Å². The first-order valence-electron chi connectivity index (χ1n) is 6.86. The van der Waals surface area contributed by atoms with E-state index >= 15 is 0 Å². The van der Waals surface area contributed by atoms with Crippen LogP contribution < -0.4 is 10.1 Å². The number of amides is 1. The third-order valence-corrected chi connectivity index (χ3v) is 3.76. The molecule has 2 unspecified atom stereocenters. The average Bonchev–Trinajstić information content (AvgIpc) is 2.53. The highest BCUT2D eigenvalue weighted by Crippen LogP contribution is 2.28. The van der Waals surface area contributed by atoms with Crippen LogP contribution >= 0.6 is 15.9 Å². The number of aromatic nitrogens is 2. The Morgan fingerprint density at radius 3 is 2.38 bits per heavy atom. The molecule has 120 valence electrons. The number of alkyl carbamates (subject to hydrolysis) is 1. The monoisotopic (exact) mass is 361 g/mol. The minimum atomic E-state index is -0.518. The normalized spacial score (nSPS) is 14.5. The molecule has 0 spiro atoms. The Balaban J connectivity index is 2.63. The number of nitrogens with zero attached hydrogens (tertiary/aromatic N) is 2. The Morgan fingerprint density at radius 1 is 1.38 bits per heavy atom. The predicted octanol–water partition coefficient (Wildman–Crippen LogP) is 3.17. The van der Waals surface area contributed by atoms with Gasteiger partial charge in [-0.05, 0) is 57.5 Å². The fourth-order valence-electron chi connectivity index (χ4n) is 1.63. The second kappa shape index (κ2) is 6.68. The molecule has 0 saturated carbocycles. The van der Waals surface area contributed by atoms with Crippen molar-refractivity contribution in [2.24, 2.45) is 7.05 Å². The van der Waals surface area contributed by atoms with Gasteiger partial charge in [-0.3, -0.25) is 0 Å². The van der Waals surface area contributed by atoms with Gasteiger partial charge in [0, 0.05) is 7.05 Å². The zero-order valence-electron chi connectivity index (χ0n) is 13.7. The summed E-state index contributed by atoms with van der Waals surface area (Å²) in [7, 11) is 1.81. The number of ether oxygens (including phenoxy) is 2. The highest BCUT2D eigenvalue weighted by atomic mass is 79.9. The molecule has 0 aliphatic heterocycles. The zero-order valence-corrected chi connectivity index (χ0v) is 15.2. The summed E-state index contributed by atoms with van der Waals surface area (Å²) in [6, 6.07) is -0.207. The summed E-state index contributed by atoms with van der Waals surface area (Å²) in [4.78, 5) is 11.7. The van der Waals surface area contributed by atoms with E-state index in [0.717, 1.165) is 10.2 Å². The molecule has 2 atom stereocenters. The van der Waals surface area contributed by atoms with Crippen molar-refractivity contribution in [1.82, 2.24) is 15.1 Å². The van der Waals surface area contributed by atoms with Gasteiger partial charge < -0.3 is 14.8 Å². The number of halogens is 1. The van der Waals surface area contributed by atoms with Crippen molar-refractivity contribution in [1.29, 1.82) is 0 Å². The lowest BCUT2D eigenvalue weighted by atomic mass is 10.2. The molecule has 0 saturated heterocycles. The van der Waals surface area contributed by atoms with Crippen LogP contribution in [-0.2, 0) is 11.8 Å². The molecule has 1 N–H and O–H groups in total. The standard InChI is InChI=1S/C14H24BrN3O3/c1-8(16-13(19)21-14(4,5)6)10(3)20-12-11(15)9(2)17-18(12)7/h8,10H,1-7H3,(H,16,19). The molecule has 0 aliphatic rings. The number of hydrogen-bond acceptors (Lipinski definition) is 4. The number of carbonyl (C=O) groups excluding carboxylic acids is 1. The number of nitrogens with one attached hydrogen (secondary N) is 1. The van der Waals surface area contributed by atoms with Crippen LogP contribution in [-0.4, -0.2) is 33.6 Å². The van der Waals surface area contributed by atoms with Gasteiger partial charge in [0.25, 0.3) is 0 Å². The van der Waals surface area contributed by atoms with E-state index in [1.807, 2.05) is 48.6 Å². The van der Waals surface area contributed by atoms with Crippen LogP contribution in [0.2, 0.25) is 0 Å². The van der Waals surface area contributed by atoms with Crippen LogP contribution in [0.1, 0.15) is 40.3 Å². The molecule has 6 nitrogen and oxygen atoms in total. The summed E-state index contributed by atoms with van der Waals surface area (Å²) in [5.41, 5.74) is 0.336. The number of carbonyl (C=O) groups is 1. The highest BCUT2D eigenvalue weighted by Gasteiger charge is 2.23. The maximum absolute atomic E-state index is 11.7. The Morgan fingerprint density at radius 2 is 1.95 bits per heavy atom. The van der Waals surface area contributed by atoms with E-state index in [9.17, 15) is 4.79 Å². The fraction of sp³-hybridized carbons (Fsp3) is 0.714. The minimum Gasteiger partial charge on any atom is -0.472 e. The molecule has 0 bridgehead atoms. The summed E-state index contributed by atoms with van der Waals surface area (Å²) in [5.74, 6) is 0.637. The Hall–Kier alpha value is -1.24. The molecule has 1 amide bonds. The lowest BCUT2D eigenvalue weighted by molar-refractivity contribution is 0.0460. The summed E-state index contributed by atoms with van der Waals surface area (Å²) < 4.78 is 13.6. The smallest absolute Gasteiger partial charge is 0.407 e. The van der Waals surface area contributed by atoms with Crippen LogP contribution in [0.4, 0.5) is 4.79 Å². The van der Waals surface area contributed by atoms with Crippen LogP contribution in [0.25, 0.3) is 0 Å². The van der Waals surface area contributed by atoms with Crippen LogP contribution in [0.5, 0.6) is 5.88 Å². The van der Waals surface area contributed by atoms with Crippen molar-refractivity contribution in [3.05, 3.63) is 10.2 Å². The van der Waals surface area contributed by atoms with Crippen molar-refractivity contribution in [2.75, 3.05) is 0 Å². The van der Waals surface area contributed by atoms with Gasteiger partial charge in [0.2, 0.25) is 5.88 Å². The first kappa shape index (κ1) is 17.8. The van der Waals surface area contributed by atoms with Crippen LogP contribution in [0.15, 0.2) is 4.47 Å². The predicted molar refractivity (Wildman–Crippen MR) is 84.6 cm³/mol. The number of hydrogen-bond donors (Lipinski definition) is 1. The van der Waals surface area contributed by atoms with E-state index in [0.29, 0.717) is 5.88 Å². The maximum Gasteiger partial charge on any atom is 0.407 e. The van der Waals surface area contributed by atoms with E-state index in [4.69, 9.17) is 9.47 Å². The fourth-order valence-corrected chi connectivity index (χ4v) is 2.06. The molecule has 21 heavy (non-hydrogen) atoms. The van der Waals surface area contributed by atoms with Crippen molar-refractivity contribution in [2.45, 2.75) is 59.3 Å². The Kier molecular flexibility index (Phi) is 5.67. The van der Waals surface area contributed by atoms with Crippen molar-refractivity contribution >= 4 is 22.0 Å². The van der Waals surface area contributed by atoms with E-state index < -0.39 is 11.7 Å². The lowest BCUT2D eigenvalue weighted by Gasteiger charge is -2.25. The molecular formula is C14H24BrN3O3. The second-order valence-electron chi connectivity index (χ2n) is 6.09. The maximum atomic E-state index is 11.7. The summed E-state index contributed by atoms with van der Waals surface area (Å²) in [6.07, 6.45) is -0.686. The molecule has 0 aliphatic carbocycles. The van der Waals surface area contributed by atoms with Gasteiger partial charge in [-0.15, -0.1) is 0 Å². The molecule has 1 aromatic heterocycles. The molecule has 1 aromatic rings. The molecule has 7 heteroatoms. The Labute approximate surface area is 134 Å². The van der Waals surface area contributed by atoms with Crippen molar-refractivity contribution in [3.8, 4) is 5.88 Å². The molecular weight excluding hydrogens is 338 g/mol. The molecule has 0 aromatic carbocycles. The van der Waals surface area contributed by atoms with Gasteiger partial charge in [-0.25, -0.2) is 9.48 Å². The van der Waals surface area contributed by atoms with E-state index in [1.54, 1.807) is 4.68 Å². The molecule has 1 heterocycles. The third kappa shape index (κ3) is 5.22. The third-order valence-electron chi connectivity index (χ3n) is 2.85. The largest absolute Gasteiger partial charge is 0.472 e. The minimum absolute atomic E-state index is 0.207. The van der Waals surface area contributed by atoms with Crippen molar-refractivity contribution < 1.29 is 14.3 Å². The quantitative estimate of drug-likeness (QED) is 0.894. The van der Waals surface area contributed by atoms with E-state index in [2.05, 4.69) is 26.3 Å². The van der Waals surface area contributed by atoms with Gasteiger partial charge in [0.05, 0.1) is 11.7 Å². The summed E-state index contributed by atoms with van der Waals surface area (Å²) in [6.45, 7) is 11.1.